The molecule has 0 bridgehead atoms. The Balaban J connectivity index is 0.00000112. The summed E-state index contributed by atoms with van der Waals surface area (Å²) in [5.74, 6) is 1.15. The lowest BCUT2D eigenvalue weighted by molar-refractivity contribution is 0.0988. The summed E-state index contributed by atoms with van der Waals surface area (Å²) in [4.78, 5) is 14.1. The molecule has 2 heteroatoms. The van der Waals surface area contributed by atoms with Crippen molar-refractivity contribution in [1.82, 2.24) is 0 Å². The molecule has 132 valence electrons. The van der Waals surface area contributed by atoms with Crippen molar-refractivity contribution in [3.8, 4) is 0 Å². The summed E-state index contributed by atoms with van der Waals surface area (Å²) in [6.45, 7) is 14.5. The highest BCUT2D eigenvalue weighted by molar-refractivity contribution is 5.96. The van der Waals surface area contributed by atoms with E-state index in [1.54, 1.807) is 0 Å². The van der Waals surface area contributed by atoms with E-state index in [2.05, 4.69) is 24.0 Å². The summed E-state index contributed by atoms with van der Waals surface area (Å²) >= 11 is 0. The molecule has 23 heavy (non-hydrogen) atoms. The Hall–Kier alpha value is -1.31. The van der Waals surface area contributed by atoms with Crippen molar-refractivity contribution in [1.29, 1.82) is 0 Å². The normalized spacial score (nSPS) is 14.3. The van der Waals surface area contributed by atoms with Crippen LogP contribution in [-0.2, 0) is 0 Å². The number of nitrogens with zero attached hydrogens (tertiary/aromatic N) is 1. The third-order valence-corrected chi connectivity index (χ3v) is 4.19. The van der Waals surface area contributed by atoms with Gasteiger partial charge in [0.15, 0.2) is 5.78 Å². The quantitative estimate of drug-likeness (QED) is 0.589. The molecule has 0 N–H and O–H groups in total. The van der Waals surface area contributed by atoms with Gasteiger partial charge in [0.25, 0.3) is 0 Å². The average molecular weight is 320 g/mol. The summed E-state index contributed by atoms with van der Waals surface area (Å²) in [7, 11) is 0. The van der Waals surface area contributed by atoms with Crippen molar-refractivity contribution < 1.29 is 4.79 Å². The van der Waals surface area contributed by atoms with E-state index in [0.717, 1.165) is 24.6 Å². The third-order valence-electron chi connectivity index (χ3n) is 4.19. The minimum Gasteiger partial charge on any atom is -0.372 e. The molecule has 1 aromatic rings. The number of hydrogen-bond donors (Lipinski definition) is 0. The third kappa shape index (κ3) is 7.20. The molecule has 2 rings (SSSR count). The number of anilines is 1. The highest BCUT2D eigenvalue weighted by Crippen LogP contribution is 2.26. The molecule has 0 amide bonds. The van der Waals surface area contributed by atoms with E-state index < -0.39 is 0 Å². The lowest BCUT2D eigenvalue weighted by Gasteiger charge is -2.33. The highest BCUT2D eigenvalue weighted by atomic mass is 16.1. The van der Waals surface area contributed by atoms with Crippen molar-refractivity contribution in [3.05, 3.63) is 29.8 Å². The Morgan fingerprint density at radius 2 is 1.52 bits per heavy atom. The zero-order valence-corrected chi connectivity index (χ0v) is 16.2. The second-order valence-corrected chi connectivity index (χ2v) is 5.54. The first-order valence-electron chi connectivity index (χ1n) is 9.62. The number of benzene rings is 1. The first-order valence-corrected chi connectivity index (χ1v) is 9.62. The van der Waals surface area contributed by atoms with E-state index in [1.807, 2.05) is 46.8 Å². The van der Waals surface area contributed by atoms with Crippen LogP contribution in [0, 0.1) is 5.92 Å². The van der Waals surface area contributed by atoms with E-state index in [-0.39, 0.29) is 5.78 Å². The molecule has 0 atom stereocenters. The predicted molar refractivity (Wildman–Crippen MR) is 104 cm³/mol. The van der Waals surface area contributed by atoms with Crippen LogP contribution in [-0.4, -0.2) is 18.9 Å². The van der Waals surface area contributed by atoms with Crippen molar-refractivity contribution in [3.63, 3.8) is 0 Å². The lowest BCUT2D eigenvalue weighted by atomic mass is 9.92. The molecule has 0 radical (unpaired) electrons. The van der Waals surface area contributed by atoms with Gasteiger partial charge in [-0.3, -0.25) is 4.79 Å². The molecule has 0 saturated carbocycles. The van der Waals surface area contributed by atoms with E-state index in [1.165, 1.54) is 31.4 Å². The lowest BCUT2D eigenvalue weighted by Crippen LogP contribution is -2.33. The maximum absolute atomic E-state index is 11.6. The Morgan fingerprint density at radius 3 is 1.96 bits per heavy atom. The molecular weight excluding hydrogens is 282 g/mol. The summed E-state index contributed by atoms with van der Waals surface area (Å²) in [5, 5.41) is 0. The van der Waals surface area contributed by atoms with Gasteiger partial charge in [0.2, 0.25) is 0 Å². The second kappa shape index (κ2) is 13.2. The van der Waals surface area contributed by atoms with E-state index >= 15 is 0 Å². The number of rotatable bonds is 5. The molecule has 1 heterocycles. The van der Waals surface area contributed by atoms with Crippen molar-refractivity contribution in [2.75, 3.05) is 18.0 Å². The summed E-state index contributed by atoms with van der Waals surface area (Å²) in [5.41, 5.74) is 2.11. The van der Waals surface area contributed by atoms with Gasteiger partial charge in [-0.15, -0.1) is 0 Å². The van der Waals surface area contributed by atoms with Crippen LogP contribution in [0.5, 0.6) is 0 Å². The number of hydrogen-bond acceptors (Lipinski definition) is 2. The van der Waals surface area contributed by atoms with Gasteiger partial charge >= 0.3 is 0 Å². The van der Waals surface area contributed by atoms with E-state index in [0.29, 0.717) is 6.42 Å². The molecule has 1 aromatic carbocycles. The number of carbonyl (C=O) groups excluding carboxylic acids is 1. The molecule has 0 aliphatic carbocycles. The molecule has 1 fully saturated rings. The zero-order valence-electron chi connectivity index (χ0n) is 16.2. The van der Waals surface area contributed by atoms with Crippen LogP contribution >= 0.6 is 0 Å². The summed E-state index contributed by atoms with van der Waals surface area (Å²) in [6, 6.07) is 8.14. The zero-order chi connectivity index (χ0) is 17.7. The maximum atomic E-state index is 11.6. The summed E-state index contributed by atoms with van der Waals surface area (Å²) in [6.07, 6.45) is 5.88. The Bertz CT molecular complexity index is 402. The van der Waals surface area contributed by atoms with E-state index in [4.69, 9.17) is 0 Å². The minimum atomic E-state index is 0.230. The van der Waals surface area contributed by atoms with Crippen LogP contribution < -0.4 is 4.90 Å². The fraction of sp³-hybridized carbons (Fsp3) is 0.667. The molecular formula is C21H37NO. The van der Waals surface area contributed by atoms with Crippen molar-refractivity contribution in [2.45, 2.75) is 73.6 Å². The molecule has 0 unspecified atom stereocenters. The fourth-order valence-electron chi connectivity index (χ4n) is 2.95. The SMILES string of the molecule is CC.CC.CCCC1CCN(c2ccc(C(=O)CC)cc2)CC1. The molecule has 0 spiro atoms. The van der Waals surface area contributed by atoms with Gasteiger partial charge in [0.1, 0.15) is 0 Å². The van der Waals surface area contributed by atoms with Crippen LogP contribution in [0.4, 0.5) is 5.69 Å². The van der Waals surface area contributed by atoms with Crippen LogP contribution in [0.15, 0.2) is 24.3 Å². The van der Waals surface area contributed by atoms with Crippen molar-refractivity contribution >= 4 is 11.5 Å². The van der Waals surface area contributed by atoms with Gasteiger partial charge in [-0.2, -0.15) is 0 Å². The van der Waals surface area contributed by atoms with Crippen LogP contribution in [0.1, 0.15) is 84.0 Å². The largest absolute Gasteiger partial charge is 0.372 e. The van der Waals surface area contributed by atoms with Gasteiger partial charge in [-0.25, -0.2) is 0 Å². The van der Waals surface area contributed by atoms with Gasteiger partial charge in [0.05, 0.1) is 0 Å². The molecule has 0 aromatic heterocycles. The number of piperidine rings is 1. The maximum Gasteiger partial charge on any atom is 0.162 e. The topological polar surface area (TPSA) is 20.3 Å². The monoisotopic (exact) mass is 319 g/mol. The molecule has 1 aliphatic heterocycles. The minimum absolute atomic E-state index is 0.230. The first-order chi connectivity index (χ1) is 11.2. The second-order valence-electron chi connectivity index (χ2n) is 5.54. The number of ketones is 1. The van der Waals surface area contributed by atoms with Gasteiger partial charge in [-0.05, 0) is 43.0 Å². The van der Waals surface area contributed by atoms with E-state index in [9.17, 15) is 4.79 Å². The smallest absolute Gasteiger partial charge is 0.162 e. The average Bonchev–Trinajstić information content (AvgIpc) is 2.65. The highest BCUT2D eigenvalue weighted by Gasteiger charge is 2.18. The van der Waals surface area contributed by atoms with Crippen molar-refractivity contribution in [2.24, 2.45) is 5.92 Å². The van der Waals surface area contributed by atoms with Crippen LogP contribution in [0.25, 0.3) is 0 Å². The van der Waals surface area contributed by atoms with Crippen LogP contribution in [0.3, 0.4) is 0 Å². The Labute approximate surface area is 144 Å². The fourth-order valence-corrected chi connectivity index (χ4v) is 2.95. The van der Waals surface area contributed by atoms with Gasteiger partial charge in [-0.1, -0.05) is 54.4 Å². The molecule has 1 saturated heterocycles. The summed E-state index contributed by atoms with van der Waals surface area (Å²) < 4.78 is 0. The predicted octanol–water partition coefficient (Wildman–Crippen LogP) is 6.35. The van der Waals surface area contributed by atoms with Gasteiger partial charge in [0, 0.05) is 30.8 Å². The number of carbonyl (C=O) groups is 1. The first kappa shape index (κ1) is 21.7. The van der Waals surface area contributed by atoms with Gasteiger partial charge < -0.3 is 4.90 Å². The molecule has 2 nitrogen and oxygen atoms in total. The standard InChI is InChI=1S/C17H25NO.2C2H6/c1-3-5-14-10-12-18(13-11-14)16-8-6-15(7-9-16)17(19)4-2;2*1-2/h6-9,14H,3-5,10-13H2,1-2H3;2*1-2H3. The number of Topliss-reactive ketones (excluding diaryl/α,β-unsaturated/α-hetero) is 1. The Kier molecular flexibility index (Phi) is 12.4. The Morgan fingerprint density at radius 1 is 1.00 bits per heavy atom. The van der Waals surface area contributed by atoms with Crippen LogP contribution in [0.2, 0.25) is 0 Å². The molecule has 1 aliphatic rings.